The highest BCUT2D eigenvalue weighted by Gasteiger charge is 2.43. The number of carbonyl (C=O) groups excluding carboxylic acids is 1. The molecule has 3 nitrogen and oxygen atoms in total. The van der Waals surface area contributed by atoms with Crippen LogP contribution >= 0.6 is 0 Å². The Labute approximate surface area is 127 Å². The topological polar surface area (TPSA) is 29.5 Å². The van der Waals surface area contributed by atoms with Crippen LogP contribution in [0, 0.1) is 0 Å². The molecule has 1 fully saturated rings. The van der Waals surface area contributed by atoms with Crippen LogP contribution in [0.5, 0.6) is 0 Å². The molecule has 1 aliphatic heterocycles. The van der Waals surface area contributed by atoms with Gasteiger partial charge < -0.3 is 4.74 Å². The Kier molecular flexibility index (Phi) is 4.40. The van der Waals surface area contributed by atoms with Crippen LogP contribution in [0.15, 0.2) is 43.0 Å². The molecule has 0 aromatic heterocycles. The summed E-state index contributed by atoms with van der Waals surface area (Å²) in [6.45, 7) is 10.4. The minimum atomic E-state index is -0.473. The largest absolute Gasteiger partial charge is 0.444 e. The van der Waals surface area contributed by atoms with E-state index in [0.29, 0.717) is 0 Å². The zero-order chi connectivity index (χ0) is 15.5. The van der Waals surface area contributed by atoms with Crippen LogP contribution in [0.2, 0.25) is 0 Å². The Morgan fingerprint density at radius 1 is 1.38 bits per heavy atom. The lowest BCUT2D eigenvalue weighted by atomic mass is 9.88. The zero-order valence-corrected chi connectivity index (χ0v) is 13.3. The first-order chi connectivity index (χ1) is 9.86. The quantitative estimate of drug-likeness (QED) is 0.780. The number of nitrogens with zero attached hydrogens (tertiary/aromatic N) is 1. The van der Waals surface area contributed by atoms with Gasteiger partial charge in [0.2, 0.25) is 0 Å². The van der Waals surface area contributed by atoms with Crippen LogP contribution in [0.1, 0.15) is 39.2 Å². The number of rotatable bonds is 3. The first-order valence-corrected chi connectivity index (χ1v) is 7.54. The van der Waals surface area contributed by atoms with Crippen LogP contribution in [0.4, 0.5) is 4.79 Å². The van der Waals surface area contributed by atoms with Crippen molar-refractivity contribution in [1.29, 1.82) is 0 Å². The Balaban J connectivity index is 2.20. The summed E-state index contributed by atoms with van der Waals surface area (Å²) in [7, 11) is 0. The van der Waals surface area contributed by atoms with E-state index in [2.05, 4.69) is 18.7 Å². The molecule has 0 radical (unpaired) electrons. The summed E-state index contributed by atoms with van der Waals surface area (Å²) in [4.78, 5) is 14.3. The normalized spacial score (nSPS) is 22.1. The number of benzene rings is 1. The van der Waals surface area contributed by atoms with Gasteiger partial charge in [-0.25, -0.2) is 4.79 Å². The molecule has 1 aliphatic rings. The SMILES string of the molecule is C=C[C@]1(Cc2ccccc2)CCCN1C(=O)OC(C)(C)C. The average molecular weight is 287 g/mol. The third kappa shape index (κ3) is 3.66. The van der Waals surface area contributed by atoms with Gasteiger partial charge in [0.25, 0.3) is 0 Å². The van der Waals surface area contributed by atoms with Gasteiger partial charge in [0.15, 0.2) is 0 Å². The molecule has 0 spiro atoms. The lowest BCUT2D eigenvalue weighted by Crippen LogP contribution is -2.49. The van der Waals surface area contributed by atoms with E-state index < -0.39 is 5.60 Å². The second-order valence-electron chi connectivity index (χ2n) is 6.71. The van der Waals surface area contributed by atoms with E-state index >= 15 is 0 Å². The first-order valence-electron chi connectivity index (χ1n) is 7.54. The van der Waals surface area contributed by atoms with Crippen molar-refractivity contribution >= 4 is 6.09 Å². The highest BCUT2D eigenvalue weighted by molar-refractivity contribution is 5.70. The molecule has 0 N–H and O–H groups in total. The van der Waals surface area contributed by atoms with E-state index in [0.717, 1.165) is 25.8 Å². The number of ether oxygens (including phenoxy) is 1. The first kappa shape index (κ1) is 15.6. The van der Waals surface area contributed by atoms with Crippen LogP contribution in [-0.2, 0) is 11.2 Å². The Morgan fingerprint density at radius 2 is 2.05 bits per heavy atom. The lowest BCUT2D eigenvalue weighted by molar-refractivity contribution is 0.0148. The molecule has 0 aliphatic carbocycles. The maximum Gasteiger partial charge on any atom is 0.411 e. The van der Waals surface area contributed by atoms with E-state index in [4.69, 9.17) is 4.74 Å². The van der Waals surface area contributed by atoms with E-state index in [1.807, 2.05) is 49.9 Å². The summed E-state index contributed by atoms with van der Waals surface area (Å²) in [6, 6.07) is 10.2. The van der Waals surface area contributed by atoms with Gasteiger partial charge in [-0.05, 0) is 45.6 Å². The molecule has 0 unspecified atom stereocenters. The van der Waals surface area contributed by atoms with Gasteiger partial charge in [0.05, 0.1) is 5.54 Å². The Hall–Kier alpha value is -1.77. The van der Waals surface area contributed by atoms with Gasteiger partial charge in [-0.2, -0.15) is 0 Å². The molecule has 1 amide bonds. The second kappa shape index (κ2) is 5.92. The average Bonchev–Trinajstić information content (AvgIpc) is 2.82. The minimum absolute atomic E-state index is 0.240. The van der Waals surface area contributed by atoms with Gasteiger partial charge in [0.1, 0.15) is 5.60 Å². The van der Waals surface area contributed by atoms with E-state index in [1.165, 1.54) is 5.56 Å². The van der Waals surface area contributed by atoms with Crippen molar-refractivity contribution in [2.24, 2.45) is 0 Å². The summed E-state index contributed by atoms with van der Waals surface area (Å²) < 4.78 is 5.56. The molecule has 1 aromatic carbocycles. The van der Waals surface area contributed by atoms with Crippen LogP contribution in [0.25, 0.3) is 0 Å². The highest BCUT2D eigenvalue weighted by atomic mass is 16.6. The Morgan fingerprint density at radius 3 is 2.62 bits per heavy atom. The van der Waals surface area contributed by atoms with E-state index in [9.17, 15) is 4.79 Å². The van der Waals surface area contributed by atoms with Gasteiger partial charge in [0, 0.05) is 6.54 Å². The van der Waals surface area contributed by atoms with Crippen molar-refractivity contribution in [2.75, 3.05) is 6.54 Å². The van der Waals surface area contributed by atoms with Crippen LogP contribution in [-0.4, -0.2) is 28.7 Å². The zero-order valence-electron chi connectivity index (χ0n) is 13.3. The van der Waals surface area contributed by atoms with Crippen LogP contribution in [0.3, 0.4) is 0 Å². The third-order valence-electron chi connectivity index (χ3n) is 3.88. The fraction of sp³-hybridized carbons (Fsp3) is 0.500. The maximum absolute atomic E-state index is 12.5. The summed E-state index contributed by atoms with van der Waals surface area (Å²) in [5.74, 6) is 0. The number of carbonyl (C=O) groups is 1. The van der Waals surface area contributed by atoms with Crippen molar-refractivity contribution in [1.82, 2.24) is 4.90 Å². The predicted molar refractivity (Wildman–Crippen MR) is 85.2 cm³/mol. The third-order valence-corrected chi connectivity index (χ3v) is 3.88. The molecule has 2 rings (SSSR count). The molecule has 21 heavy (non-hydrogen) atoms. The lowest BCUT2D eigenvalue weighted by Gasteiger charge is -2.37. The number of likely N-dealkylation sites (tertiary alicyclic amines) is 1. The fourth-order valence-electron chi connectivity index (χ4n) is 2.91. The molecule has 1 saturated heterocycles. The molecule has 3 heteroatoms. The molecule has 1 aromatic rings. The van der Waals surface area contributed by atoms with Gasteiger partial charge in [-0.15, -0.1) is 6.58 Å². The summed E-state index contributed by atoms with van der Waals surface area (Å²) in [5.41, 5.74) is 0.413. The standard InChI is InChI=1S/C18H25NO2/c1-5-18(14-15-10-7-6-8-11-15)12-9-13-19(18)16(20)21-17(2,3)4/h5-8,10-11H,1,9,12-14H2,2-4H3/t18-/m1/s1. The predicted octanol–water partition coefficient (Wildman–Crippen LogP) is 4.18. The number of amides is 1. The molecule has 0 saturated carbocycles. The highest BCUT2D eigenvalue weighted by Crippen LogP contribution is 2.35. The molecular weight excluding hydrogens is 262 g/mol. The van der Waals surface area contributed by atoms with Crippen molar-refractivity contribution in [3.8, 4) is 0 Å². The van der Waals surface area contributed by atoms with Crippen molar-refractivity contribution < 1.29 is 9.53 Å². The number of hydrogen-bond acceptors (Lipinski definition) is 2. The number of hydrogen-bond donors (Lipinski definition) is 0. The molecule has 1 heterocycles. The molecular formula is C18H25NO2. The minimum Gasteiger partial charge on any atom is -0.444 e. The van der Waals surface area contributed by atoms with E-state index in [1.54, 1.807) is 0 Å². The van der Waals surface area contributed by atoms with Crippen molar-refractivity contribution in [2.45, 2.75) is 51.2 Å². The summed E-state index contributed by atoms with van der Waals surface area (Å²) in [5, 5.41) is 0. The maximum atomic E-state index is 12.5. The van der Waals surface area contributed by atoms with Gasteiger partial charge in [-0.3, -0.25) is 4.90 Å². The smallest absolute Gasteiger partial charge is 0.411 e. The Bertz CT molecular complexity index is 504. The van der Waals surface area contributed by atoms with Crippen molar-refractivity contribution in [3.63, 3.8) is 0 Å². The second-order valence-corrected chi connectivity index (χ2v) is 6.71. The monoisotopic (exact) mass is 287 g/mol. The molecule has 1 atom stereocenters. The summed E-state index contributed by atoms with van der Waals surface area (Å²) in [6.07, 6.45) is 4.38. The van der Waals surface area contributed by atoms with Gasteiger partial charge in [-0.1, -0.05) is 36.4 Å². The molecule has 114 valence electrons. The van der Waals surface area contributed by atoms with Crippen LogP contribution < -0.4 is 0 Å². The molecule has 0 bridgehead atoms. The van der Waals surface area contributed by atoms with Gasteiger partial charge >= 0.3 is 6.09 Å². The fourth-order valence-corrected chi connectivity index (χ4v) is 2.91. The van der Waals surface area contributed by atoms with Crippen molar-refractivity contribution in [3.05, 3.63) is 48.6 Å². The van der Waals surface area contributed by atoms with E-state index in [-0.39, 0.29) is 11.6 Å². The summed E-state index contributed by atoms with van der Waals surface area (Å²) >= 11 is 0.